The monoisotopic (exact) mass is 270 g/mol. The number of anilines is 1. The Hall–Kier alpha value is -2.73. The summed E-state index contributed by atoms with van der Waals surface area (Å²) in [5.41, 5.74) is 12.4. The average molecular weight is 270 g/mol. The van der Waals surface area contributed by atoms with Crippen LogP contribution in [-0.2, 0) is 4.79 Å². The third kappa shape index (κ3) is 3.18. The van der Waals surface area contributed by atoms with Gasteiger partial charge in [0, 0.05) is 23.6 Å². The van der Waals surface area contributed by atoms with Crippen molar-refractivity contribution in [3.8, 4) is 0 Å². The number of nitrogens with one attached hydrogen (secondary N) is 1. The maximum Gasteiger partial charge on any atom is 0.255 e. The predicted octanol–water partition coefficient (Wildman–Crippen LogP) is 0.819. The number of carbonyl (C=O) groups is 2. The second-order valence-electron chi connectivity index (χ2n) is 4.19. The third-order valence-electron chi connectivity index (χ3n) is 2.78. The maximum absolute atomic E-state index is 12.0. The van der Waals surface area contributed by atoms with E-state index in [1.807, 2.05) is 0 Å². The van der Waals surface area contributed by atoms with E-state index in [1.165, 1.54) is 0 Å². The molecular formula is C14H14N4O2. The van der Waals surface area contributed by atoms with Gasteiger partial charge in [-0.25, -0.2) is 0 Å². The van der Waals surface area contributed by atoms with Crippen LogP contribution >= 0.6 is 0 Å². The first kappa shape index (κ1) is 13.7. The lowest BCUT2D eigenvalue weighted by atomic mass is 10.0. The van der Waals surface area contributed by atoms with Crippen molar-refractivity contribution in [1.29, 1.82) is 0 Å². The van der Waals surface area contributed by atoms with Gasteiger partial charge in [0.05, 0.1) is 0 Å². The van der Waals surface area contributed by atoms with Crippen LogP contribution in [0, 0.1) is 0 Å². The van der Waals surface area contributed by atoms with Crippen molar-refractivity contribution in [3.63, 3.8) is 0 Å². The molecule has 1 aromatic heterocycles. The van der Waals surface area contributed by atoms with E-state index < -0.39 is 11.9 Å². The standard InChI is InChI=1S/C14H14N4O2/c15-12(13(16)19)9-1-3-10(4-2-9)14(20)18-11-5-7-17-8-6-11/h1-8,12H,15H2,(H2,16,19)(H,17,18,20)/t12-/m0/s1. The third-order valence-corrected chi connectivity index (χ3v) is 2.78. The van der Waals surface area contributed by atoms with E-state index >= 15 is 0 Å². The van der Waals surface area contributed by atoms with Gasteiger partial charge in [0.1, 0.15) is 6.04 Å². The number of nitrogens with two attached hydrogens (primary N) is 2. The number of nitrogens with zero attached hydrogens (tertiary/aromatic N) is 1. The number of hydrogen-bond acceptors (Lipinski definition) is 4. The highest BCUT2D eigenvalue weighted by Gasteiger charge is 2.13. The average Bonchev–Trinajstić information content (AvgIpc) is 2.47. The smallest absolute Gasteiger partial charge is 0.255 e. The summed E-state index contributed by atoms with van der Waals surface area (Å²) < 4.78 is 0. The molecule has 2 aromatic rings. The largest absolute Gasteiger partial charge is 0.368 e. The lowest BCUT2D eigenvalue weighted by Crippen LogP contribution is -2.28. The second kappa shape index (κ2) is 5.94. The second-order valence-corrected chi connectivity index (χ2v) is 4.19. The minimum absolute atomic E-state index is 0.254. The van der Waals surface area contributed by atoms with Crippen molar-refractivity contribution in [2.24, 2.45) is 11.5 Å². The molecular weight excluding hydrogens is 256 g/mol. The summed E-state index contributed by atoms with van der Waals surface area (Å²) in [6.07, 6.45) is 3.18. The first-order valence-corrected chi connectivity index (χ1v) is 5.94. The van der Waals surface area contributed by atoms with Crippen LogP contribution in [0.4, 0.5) is 5.69 Å². The fourth-order valence-electron chi connectivity index (χ4n) is 1.64. The molecule has 0 saturated heterocycles. The Balaban J connectivity index is 2.10. The van der Waals surface area contributed by atoms with Crippen molar-refractivity contribution in [3.05, 3.63) is 59.9 Å². The molecule has 0 aliphatic rings. The van der Waals surface area contributed by atoms with Crippen LogP contribution in [0.1, 0.15) is 22.0 Å². The number of hydrogen-bond donors (Lipinski definition) is 3. The minimum Gasteiger partial charge on any atom is -0.368 e. The lowest BCUT2D eigenvalue weighted by Gasteiger charge is -2.09. The summed E-state index contributed by atoms with van der Waals surface area (Å²) in [5.74, 6) is -0.866. The number of aromatic nitrogens is 1. The number of rotatable bonds is 4. The van der Waals surface area contributed by atoms with Gasteiger partial charge in [-0.2, -0.15) is 0 Å². The van der Waals surface area contributed by atoms with E-state index in [9.17, 15) is 9.59 Å². The lowest BCUT2D eigenvalue weighted by molar-refractivity contribution is -0.119. The fraction of sp³-hybridized carbons (Fsp3) is 0.0714. The van der Waals surface area contributed by atoms with Gasteiger partial charge in [-0.15, -0.1) is 0 Å². The zero-order valence-corrected chi connectivity index (χ0v) is 10.6. The molecule has 0 spiro atoms. The molecule has 0 aliphatic heterocycles. The molecule has 6 nitrogen and oxygen atoms in total. The molecule has 0 saturated carbocycles. The highest BCUT2D eigenvalue weighted by molar-refractivity contribution is 6.04. The quantitative estimate of drug-likeness (QED) is 0.763. The van der Waals surface area contributed by atoms with E-state index in [0.717, 1.165) is 0 Å². The van der Waals surface area contributed by atoms with Crippen LogP contribution in [0.15, 0.2) is 48.8 Å². The zero-order valence-electron chi connectivity index (χ0n) is 10.6. The van der Waals surface area contributed by atoms with Crippen molar-refractivity contribution in [2.45, 2.75) is 6.04 Å². The molecule has 0 bridgehead atoms. The maximum atomic E-state index is 12.0. The van der Waals surface area contributed by atoms with Crippen LogP contribution in [0.2, 0.25) is 0 Å². The molecule has 2 rings (SSSR count). The number of carbonyl (C=O) groups excluding carboxylic acids is 2. The summed E-state index contributed by atoms with van der Waals surface area (Å²) in [4.78, 5) is 26.8. The van der Waals surface area contributed by atoms with Gasteiger partial charge < -0.3 is 16.8 Å². The Morgan fingerprint density at radius 2 is 1.65 bits per heavy atom. The van der Waals surface area contributed by atoms with Gasteiger partial charge in [0.2, 0.25) is 5.91 Å². The fourth-order valence-corrected chi connectivity index (χ4v) is 1.64. The number of primary amides is 1. The topological polar surface area (TPSA) is 111 Å². The molecule has 2 amide bonds. The molecule has 0 unspecified atom stereocenters. The Labute approximate surface area is 115 Å². The van der Waals surface area contributed by atoms with Gasteiger partial charge in [0.25, 0.3) is 5.91 Å². The van der Waals surface area contributed by atoms with Crippen molar-refractivity contribution in [1.82, 2.24) is 4.98 Å². The zero-order chi connectivity index (χ0) is 14.5. The molecule has 1 atom stereocenters. The first-order valence-electron chi connectivity index (χ1n) is 5.94. The van der Waals surface area contributed by atoms with E-state index in [-0.39, 0.29) is 5.91 Å². The molecule has 102 valence electrons. The Kier molecular flexibility index (Phi) is 4.07. The van der Waals surface area contributed by atoms with Gasteiger partial charge in [-0.05, 0) is 29.8 Å². The molecule has 0 aliphatic carbocycles. The Morgan fingerprint density at radius 3 is 2.20 bits per heavy atom. The van der Waals surface area contributed by atoms with Crippen LogP contribution in [0.25, 0.3) is 0 Å². The van der Waals surface area contributed by atoms with Crippen molar-refractivity contribution >= 4 is 17.5 Å². The molecule has 5 N–H and O–H groups in total. The summed E-state index contributed by atoms with van der Waals surface area (Å²) in [6, 6.07) is 8.91. The molecule has 1 heterocycles. The van der Waals surface area contributed by atoms with E-state index in [1.54, 1.807) is 48.8 Å². The van der Waals surface area contributed by atoms with E-state index in [0.29, 0.717) is 16.8 Å². The van der Waals surface area contributed by atoms with Crippen LogP contribution in [-0.4, -0.2) is 16.8 Å². The Bertz CT molecular complexity index is 611. The summed E-state index contributed by atoms with van der Waals surface area (Å²) in [6.45, 7) is 0. The van der Waals surface area contributed by atoms with Gasteiger partial charge in [-0.1, -0.05) is 12.1 Å². The summed E-state index contributed by atoms with van der Waals surface area (Å²) >= 11 is 0. The number of amides is 2. The van der Waals surface area contributed by atoms with Gasteiger partial charge in [0.15, 0.2) is 0 Å². The van der Waals surface area contributed by atoms with E-state index in [4.69, 9.17) is 11.5 Å². The van der Waals surface area contributed by atoms with E-state index in [2.05, 4.69) is 10.3 Å². The highest BCUT2D eigenvalue weighted by atomic mass is 16.2. The molecule has 6 heteroatoms. The van der Waals surface area contributed by atoms with Crippen molar-refractivity contribution in [2.75, 3.05) is 5.32 Å². The van der Waals surface area contributed by atoms with Gasteiger partial charge in [-0.3, -0.25) is 14.6 Å². The summed E-state index contributed by atoms with van der Waals surface area (Å²) in [5, 5.41) is 2.73. The first-order chi connectivity index (χ1) is 9.58. The van der Waals surface area contributed by atoms with Crippen LogP contribution in [0.3, 0.4) is 0 Å². The van der Waals surface area contributed by atoms with Crippen LogP contribution in [0.5, 0.6) is 0 Å². The molecule has 20 heavy (non-hydrogen) atoms. The van der Waals surface area contributed by atoms with Crippen molar-refractivity contribution < 1.29 is 9.59 Å². The van der Waals surface area contributed by atoms with Gasteiger partial charge >= 0.3 is 0 Å². The SMILES string of the molecule is NC(=O)[C@@H](N)c1ccc(C(=O)Nc2ccncc2)cc1. The molecule has 0 fully saturated rings. The number of benzene rings is 1. The normalized spacial score (nSPS) is 11.7. The minimum atomic E-state index is -0.868. The Morgan fingerprint density at radius 1 is 1.05 bits per heavy atom. The molecule has 1 aromatic carbocycles. The van der Waals surface area contributed by atoms with Crippen LogP contribution < -0.4 is 16.8 Å². The molecule has 0 radical (unpaired) electrons. The summed E-state index contributed by atoms with van der Waals surface area (Å²) in [7, 11) is 0. The number of pyridine rings is 1. The predicted molar refractivity (Wildman–Crippen MR) is 74.8 cm³/mol. The highest BCUT2D eigenvalue weighted by Crippen LogP contribution is 2.13.